The van der Waals surface area contributed by atoms with Gasteiger partial charge in [-0.05, 0) is 145 Å². The Balaban J connectivity index is 0.688. The first kappa shape index (κ1) is 41.1. The molecule has 12 nitrogen and oxygen atoms in total. The molecule has 0 saturated carbocycles. The van der Waals surface area contributed by atoms with E-state index in [0.29, 0.717) is 36.4 Å². The number of hydrogen-bond acceptors (Lipinski definition) is 9. The van der Waals surface area contributed by atoms with Crippen LogP contribution in [0.4, 0.5) is 16.0 Å². The van der Waals surface area contributed by atoms with E-state index in [-0.39, 0.29) is 36.2 Å². The van der Waals surface area contributed by atoms with Gasteiger partial charge >= 0.3 is 0 Å². The predicted molar refractivity (Wildman–Crippen MR) is 239 cm³/mol. The number of piperidine rings is 4. The number of likely N-dealkylation sites (tertiary alicyclic amines) is 1. The van der Waals surface area contributed by atoms with Crippen molar-refractivity contribution in [3.63, 3.8) is 0 Å². The van der Waals surface area contributed by atoms with Gasteiger partial charge in [-0.3, -0.25) is 24.6 Å². The molecular formula is C49H62FN9O3. The maximum Gasteiger partial charge on any atom is 0.255 e. The molecule has 0 bridgehead atoms. The highest BCUT2D eigenvalue weighted by molar-refractivity contribution is 6.05. The monoisotopic (exact) mass is 843 g/mol. The van der Waals surface area contributed by atoms with Gasteiger partial charge in [0.1, 0.15) is 11.7 Å². The standard InChI is InChI=1S/C49H62FN9O3/c1-32-26-39-38-6-4-5-7-40(38)53-43(39)44(59(32)31-48(2,3)50)35-28-51-47(52-29-35)57-20-13-33(14-21-57)12-19-55-22-15-49(16-23-55)17-24-56(25-18-49)36-8-9-37-34(27-36)30-58(46(37)62)41-10-11-42(60)54-45(41)61/h4-9,27-29,32-33,41,44,53H,10-26,30-31H2,1-3H3,(H,54,60,61). The SMILES string of the molecule is CC1Cc2c([nH]c3ccccc23)C(c2cnc(N3CCC(CCN4CCC5(CC4)CCN(c4ccc6c(c4)CN(C4CCC(=O)NC4=O)C6=O)CC5)CC3)nc2)N1CC(C)(C)F. The van der Waals surface area contributed by atoms with Gasteiger partial charge in [0.2, 0.25) is 17.8 Å². The van der Waals surface area contributed by atoms with E-state index in [9.17, 15) is 14.4 Å². The fourth-order valence-corrected chi connectivity index (χ4v) is 11.7. The normalized spacial score (nSPS) is 25.1. The molecule has 3 atom stereocenters. The number of rotatable bonds is 9. The van der Waals surface area contributed by atoms with Gasteiger partial charge < -0.3 is 24.6 Å². The molecule has 4 fully saturated rings. The molecule has 2 aromatic carbocycles. The van der Waals surface area contributed by atoms with E-state index in [1.807, 2.05) is 18.5 Å². The van der Waals surface area contributed by atoms with E-state index in [4.69, 9.17) is 9.97 Å². The highest BCUT2D eigenvalue weighted by Gasteiger charge is 2.42. The lowest BCUT2D eigenvalue weighted by molar-refractivity contribution is -0.136. The van der Waals surface area contributed by atoms with E-state index < -0.39 is 11.7 Å². The van der Waals surface area contributed by atoms with Crippen LogP contribution < -0.4 is 15.1 Å². The van der Waals surface area contributed by atoms with Crippen molar-refractivity contribution in [2.75, 3.05) is 62.2 Å². The van der Waals surface area contributed by atoms with Crippen LogP contribution in [0.1, 0.15) is 117 Å². The number of aromatic amines is 1. The Kier molecular flexibility index (Phi) is 10.9. The van der Waals surface area contributed by atoms with Gasteiger partial charge in [0.05, 0.1) is 6.04 Å². The molecule has 13 heteroatoms. The molecule has 2 N–H and O–H groups in total. The van der Waals surface area contributed by atoms with Crippen molar-refractivity contribution in [2.45, 2.75) is 115 Å². The first-order valence-corrected chi connectivity index (χ1v) is 23.3. The van der Waals surface area contributed by atoms with Crippen LogP contribution >= 0.6 is 0 Å². The number of carbonyl (C=O) groups is 3. The summed E-state index contributed by atoms with van der Waals surface area (Å²) in [6, 6.07) is 14.1. The zero-order valence-corrected chi connectivity index (χ0v) is 36.7. The second-order valence-electron chi connectivity index (χ2n) is 20.0. The molecule has 0 radical (unpaired) electrons. The third-order valence-corrected chi connectivity index (χ3v) is 15.4. The molecule has 6 aliphatic rings. The van der Waals surface area contributed by atoms with Crippen LogP contribution in [0, 0.1) is 11.3 Å². The fraction of sp³-hybridized carbons (Fsp3) is 0.571. The van der Waals surface area contributed by atoms with E-state index in [0.717, 1.165) is 79.4 Å². The highest BCUT2D eigenvalue weighted by atomic mass is 19.1. The molecule has 3 amide bonds. The average Bonchev–Trinajstić information content (AvgIpc) is 3.80. The van der Waals surface area contributed by atoms with Gasteiger partial charge in [0.25, 0.3) is 5.91 Å². The van der Waals surface area contributed by atoms with Crippen molar-refractivity contribution >= 4 is 40.3 Å². The number of alkyl halides is 1. The van der Waals surface area contributed by atoms with Crippen molar-refractivity contribution < 1.29 is 18.8 Å². The quantitative estimate of drug-likeness (QED) is 0.176. The van der Waals surface area contributed by atoms with Crippen molar-refractivity contribution in [3.8, 4) is 0 Å². The molecule has 8 heterocycles. The molecule has 4 saturated heterocycles. The molecule has 10 rings (SSSR count). The average molecular weight is 844 g/mol. The van der Waals surface area contributed by atoms with Crippen LogP contribution in [0.25, 0.3) is 10.9 Å². The largest absolute Gasteiger partial charge is 0.371 e. The molecule has 4 aromatic rings. The van der Waals surface area contributed by atoms with Gasteiger partial charge in [0.15, 0.2) is 0 Å². The van der Waals surface area contributed by atoms with E-state index in [1.54, 1.807) is 18.7 Å². The minimum absolute atomic E-state index is 0.115. The van der Waals surface area contributed by atoms with Gasteiger partial charge in [-0.1, -0.05) is 18.2 Å². The maximum absolute atomic E-state index is 15.2. The summed E-state index contributed by atoms with van der Waals surface area (Å²) < 4.78 is 15.2. The molecule has 1 spiro atoms. The zero-order chi connectivity index (χ0) is 42.8. The summed E-state index contributed by atoms with van der Waals surface area (Å²) in [5.74, 6) is 0.759. The number of benzene rings is 2. The minimum atomic E-state index is -1.33. The van der Waals surface area contributed by atoms with Crippen LogP contribution in [0.15, 0.2) is 54.9 Å². The molecule has 0 aliphatic carbocycles. The van der Waals surface area contributed by atoms with Crippen LogP contribution in [0.5, 0.6) is 0 Å². The number of para-hydroxylation sites is 1. The smallest absolute Gasteiger partial charge is 0.255 e. The first-order valence-electron chi connectivity index (χ1n) is 23.3. The molecular weight excluding hydrogens is 782 g/mol. The van der Waals surface area contributed by atoms with Crippen molar-refractivity contribution in [1.29, 1.82) is 0 Å². The van der Waals surface area contributed by atoms with E-state index in [1.165, 1.54) is 62.7 Å². The fourth-order valence-electron chi connectivity index (χ4n) is 11.7. The van der Waals surface area contributed by atoms with Crippen molar-refractivity contribution in [2.24, 2.45) is 11.3 Å². The summed E-state index contributed by atoms with van der Waals surface area (Å²) in [7, 11) is 0. The van der Waals surface area contributed by atoms with Gasteiger partial charge in [-0.15, -0.1) is 0 Å². The van der Waals surface area contributed by atoms with Crippen molar-refractivity contribution in [1.82, 2.24) is 35.0 Å². The Labute approximate surface area is 364 Å². The minimum Gasteiger partial charge on any atom is -0.371 e. The highest BCUT2D eigenvalue weighted by Crippen LogP contribution is 2.44. The molecule has 2 aromatic heterocycles. The summed E-state index contributed by atoms with van der Waals surface area (Å²) in [6.07, 6.45) is 13.9. The van der Waals surface area contributed by atoms with Crippen LogP contribution in [0.3, 0.4) is 0 Å². The Morgan fingerprint density at radius 3 is 2.34 bits per heavy atom. The Morgan fingerprint density at radius 1 is 0.887 bits per heavy atom. The number of anilines is 2. The third kappa shape index (κ3) is 7.99. The molecule has 328 valence electrons. The van der Waals surface area contributed by atoms with Crippen LogP contribution in [0.2, 0.25) is 0 Å². The topological polar surface area (TPSA) is 121 Å². The number of imide groups is 1. The van der Waals surface area contributed by atoms with Crippen molar-refractivity contribution in [3.05, 3.63) is 82.8 Å². The number of nitrogens with one attached hydrogen (secondary N) is 2. The second-order valence-corrected chi connectivity index (χ2v) is 20.0. The van der Waals surface area contributed by atoms with Crippen LogP contribution in [-0.2, 0) is 22.6 Å². The Bertz CT molecular complexity index is 2310. The summed E-state index contributed by atoms with van der Waals surface area (Å²) in [4.78, 5) is 62.4. The number of aromatic nitrogens is 3. The van der Waals surface area contributed by atoms with Gasteiger partial charge in [0, 0.05) is 97.5 Å². The lowest BCUT2D eigenvalue weighted by Crippen LogP contribution is -2.52. The van der Waals surface area contributed by atoms with Gasteiger partial charge in [-0.25, -0.2) is 14.4 Å². The lowest BCUT2D eigenvalue weighted by atomic mass is 9.71. The first-order chi connectivity index (χ1) is 29.9. The second kappa shape index (κ2) is 16.3. The number of halogens is 1. The summed E-state index contributed by atoms with van der Waals surface area (Å²) >= 11 is 0. The Hall–Kier alpha value is -4.88. The lowest BCUT2D eigenvalue weighted by Gasteiger charge is -2.47. The predicted octanol–water partition coefficient (Wildman–Crippen LogP) is 6.79. The number of fused-ring (bicyclic) bond motifs is 4. The van der Waals surface area contributed by atoms with E-state index >= 15 is 4.39 Å². The number of H-pyrrole nitrogens is 1. The van der Waals surface area contributed by atoms with Gasteiger partial charge in [-0.2, -0.15) is 0 Å². The summed E-state index contributed by atoms with van der Waals surface area (Å²) in [5, 5.41) is 3.65. The maximum atomic E-state index is 15.2. The Morgan fingerprint density at radius 2 is 1.61 bits per heavy atom. The number of amides is 3. The number of nitrogens with zero attached hydrogens (tertiary/aromatic N) is 7. The number of carbonyl (C=O) groups excluding carboxylic acids is 3. The molecule has 62 heavy (non-hydrogen) atoms. The zero-order valence-electron chi connectivity index (χ0n) is 36.7. The van der Waals surface area contributed by atoms with Crippen LogP contribution in [-0.4, -0.2) is 117 Å². The summed E-state index contributed by atoms with van der Waals surface area (Å²) in [6.45, 7) is 13.8. The van der Waals surface area contributed by atoms with E-state index in [2.05, 4.69) is 73.2 Å². The molecule has 3 unspecified atom stereocenters. The molecule has 6 aliphatic heterocycles. The third-order valence-electron chi connectivity index (χ3n) is 15.4. The number of hydrogen-bond donors (Lipinski definition) is 2. The summed E-state index contributed by atoms with van der Waals surface area (Å²) in [5.41, 5.74) is 6.46.